The molecule has 1 atom stereocenters. The Morgan fingerprint density at radius 3 is 2.65 bits per heavy atom. The number of nitrogen functional groups attached to an aromatic ring is 1. The molecule has 1 saturated heterocycles. The summed E-state index contributed by atoms with van der Waals surface area (Å²) in [6.07, 6.45) is 0.377. The van der Waals surface area contributed by atoms with Crippen LogP contribution < -0.4 is 5.73 Å². The first-order valence-corrected chi connectivity index (χ1v) is 7.39. The minimum atomic E-state index is -3.06. The van der Waals surface area contributed by atoms with Gasteiger partial charge in [-0.3, -0.25) is 4.79 Å². The fraction of sp³-hybridized carbons (Fsp3) is 0.364. The molecule has 17 heavy (non-hydrogen) atoms. The van der Waals surface area contributed by atoms with E-state index in [0.29, 0.717) is 17.7 Å². The molecule has 0 aliphatic carbocycles. The van der Waals surface area contributed by atoms with Gasteiger partial charge in [0.25, 0.3) is 0 Å². The zero-order valence-electron chi connectivity index (χ0n) is 9.02. The van der Waals surface area contributed by atoms with Gasteiger partial charge in [0.05, 0.1) is 16.5 Å². The monoisotopic (exact) mass is 273 g/mol. The van der Waals surface area contributed by atoms with Gasteiger partial charge >= 0.3 is 0 Å². The summed E-state index contributed by atoms with van der Waals surface area (Å²) in [5, 5.41) is 0.277. The number of halogens is 1. The molecular weight excluding hydrogens is 262 g/mol. The highest BCUT2D eigenvalue weighted by molar-refractivity contribution is 7.91. The molecule has 2 rings (SSSR count). The average Bonchev–Trinajstić information content (AvgIpc) is 2.58. The Hall–Kier alpha value is -1.07. The largest absolute Gasteiger partial charge is 0.399 e. The number of hydrogen-bond donors (Lipinski definition) is 1. The summed E-state index contributed by atoms with van der Waals surface area (Å²) in [5.41, 5.74) is 6.36. The normalized spacial score (nSPS) is 22.5. The third-order valence-electron chi connectivity index (χ3n) is 2.86. The molecular formula is C11H12ClNO3S. The third-order valence-corrected chi connectivity index (χ3v) is 4.94. The van der Waals surface area contributed by atoms with E-state index in [4.69, 9.17) is 17.3 Å². The maximum Gasteiger partial charge on any atom is 0.168 e. The predicted molar refractivity (Wildman–Crippen MR) is 67.0 cm³/mol. The number of benzene rings is 1. The van der Waals surface area contributed by atoms with E-state index in [-0.39, 0.29) is 22.3 Å². The van der Waals surface area contributed by atoms with E-state index in [1.807, 2.05) is 0 Å². The standard InChI is InChI=1S/C11H12ClNO3S/c12-10-5-8(13)1-2-9(10)11(14)7-3-4-17(15,16)6-7/h1-2,5,7H,3-4,6,13H2. The molecule has 1 aromatic carbocycles. The molecule has 0 radical (unpaired) electrons. The quantitative estimate of drug-likeness (QED) is 0.655. The van der Waals surface area contributed by atoms with Gasteiger partial charge in [-0.1, -0.05) is 11.6 Å². The molecule has 4 nitrogen and oxygen atoms in total. The zero-order chi connectivity index (χ0) is 12.6. The van der Waals surface area contributed by atoms with E-state index >= 15 is 0 Å². The van der Waals surface area contributed by atoms with Crippen LogP contribution in [0.25, 0.3) is 0 Å². The van der Waals surface area contributed by atoms with Crippen molar-refractivity contribution in [3.63, 3.8) is 0 Å². The number of carbonyl (C=O) groups excluding carboxylic acids is 1. The van der Waals surface area contributed by atoms with E-state index in [2.05, 4.69) is 0 Å². The van der Waals surface area contributed by atoms with Crippen LogP contribution in [0, 0.1) is 5.92 Å². The summed E-state index contributed by atoms with van der Waals surface area (Å²) in [7, 11) is -3.06. The van der Waals surface area contributed by atoms with Gasteiger partial charge < -0.3 is 5.73 Å². The molecule has 92 valence electrons. The maximum atomic E-state index is 12.1. The van der Waals surface area contributed by atoms with Crippen LogP contribution in [0.1, 0.15) is 16.8 Å². The number of anilines is 1. The van der Waals surface area contributed by atoms with Gasteiger partial charge in [-0.05, 0) is 24.6 Å². The summed E-state index contributed by atoms with van der Waals surface area (Å²) in [6, 6.07) is 4.63. The minimum Gasteiger partial charge on any atom is -0.399 e. The number of Topliss-reactive ketones (excluding diaryl/α,β-unsaturated/α-hetero) is 1. The van der Waals surface area contributed by atoms with Crippen LogP contribution in [-0.4, -0.2) is 25.7 Å². The van der Waals surface area contributed by atoms with Crippen LogP contribution in [-0.2, 0) is 9.84 Å². The van der Waals surface area contributed by atoms with Crippen molar-refractivity contribution in [1.29, 1.82) is 0 Å². The second-order valence-corrected chi connectivity index (χ2v) is 6.84. The lowest BCUT2D eigenvalue weighted by Gasteiger charge is -2.08. The Morgan fingerprint density at radius 1 is 1.41 bits per heavy atom. The van der Waals surface area contributed by atoms with E-state index in [1.54, 1.807) is 12.1 Å². The second kappa shape index (κ2) is 4.31. The van der Waals surface area contributed by atoms with Crippen molar-refractivity contribution >= 4 is 32.9 Å². The first-order valence-electron chi connectivity index (χ1n) is 5.19. The zero-order valence-corrected chi connectivity index (χ0v) is 10.6. The molecule has 0 aromatic heterocycles. The molecule has 1 aromatic rings. The summed E-state index contributed by atoms with van der Waals surface area (Å²) in [5.74, 6) is -0.681. The molecule has 6 heteroatoms. The van der Waals surface area contributed by atoms with Crippen LogP contribution >= 0.6 is 11.6 Å². The highest BCUT2D eigenvalue weighted by Crippen LogP contribution is 2.27. The van der Waals surface area contributed by atoms with E-state index in [1.165, 1.54) is 6.07 Å². The van der Waals surface area contributed by atoms with Crippen molar-refractivity contribution in [3.05, 3.63) is 28.8 Å². The molecule has 1 fully saturated rings. The Balaban J connectivity index is 2.27. The number of hydrogen-bond acceptors (Lipinski definition) is 4. The van der Waals surface area contributed by atoms with Crippen LogP contribution in [0.2, 0.25) is 5.02 Å². The summed E-state index contributed by atoms with van der Waals surface area (Å²) < 4.78 is 22.6. The van der Waals surface area contributed by atoms with Gasteiger partial charge in [0.2, 0.25) is 0 Å². The lowest BCUT2D eigenvalue weighted by Crippen LogP contribution is -2.16. The number of ketones is 1. The Bertz CT molecular complexity index is 568. The average molecular weight is 274 g/mol. The highest BCUT2D eigenvalue weighted by atomic mass is 35.5. The molecule has 1 aliphatic rings. The van der Waals surface area contributed by atoms with Gasteiger partial charge in [0, 0.05) is 17.2 Å². The van der Waals surface area contributed by atoms with Crippen molar-refractivity contribution in [1.82, 2.24) is 0 Å². The van der Waals surface area contributed by atoms with Gasteiger partial charge in [-0.25, -0.2) is 8.42 Å². The Labute approximate surface area is 105 Å². The topological polar surface area (TPSA) is 77.2 Å². The molecule has 1 aliphatic heterocycles. The number of rotatable bonds is 2. The van der Waals surface area contributed by atoms with Gasteiger partial charge in [0.1, 0.15) is 0 Å². The van der Waals surface area contributed by atoms with E-state index in [9.17, 15) is 13.2 Å². The van der Waals surface area contributed by atoms with Gasteiger partial charge in [-0.2, -0.15) is 0 Å². The number of carbonyl (C=O) groups is 1. The lowest BCUT2D eigenvalue weighted by atomic mass is 9.97. The SMILES string of the molecule is Nc1ccc(C(=O)C2CCS(=O)(=O)C2)c(Cl)c1. The first-order chi connectivity index (χ1) is 7.89. The predicted octanol–water partition coefficient (Wildman–Crippen LogP) is 1.54. The molecule has 0 amide bonds. The lowest BCUT2D eigenvalue weighted by molar-refractivity contribution is 0.0933. The fourth-order valence-electron chi connectivity index (χ4n) is 1.95. The molecule has 0 saturated carbocycles. The third kappa shape index (κ3) is 2.61. The van der Waals surface area contributed by atoms with Crippen molar-refractivity contribution in [3.8, 4) is 0 Å². The van der Waals surface area contributed by atoms with E-state index < -0.39 is 15.8 Å². The molecule has 1 unspecified atom stereocenters. The van der Waals surface area contributed by atoms with Crippen LogP contribution in [0.5, 0.6) is 0 Å². The Morgan fingerprint density at radius 2 is 2.12 bits per heavy atom. The van der Waals surface area contributed by atoms with Crippen LogP contribution in [0.4, 0.5) is 5.69 Å². The highest BCUT2D eigenvalue weighted by Gasteiger charge is 2.34. The smallest absolute Gasteiger partial charge is 0.168 e. The minimum absolute atomic E-state index is 0.0768. The van der Waals surface area contributed by atoms with Crippen LogP contribution in [0.3, 0.4) is 0 Å². The fourth-order valence-corrected chi connectivity index (χ4v) is 3.98. The summed E-state index contributed by atoms with van der Waals surface area (Å²) in [6.45, 7) is 0. The van der Waals surface area contributed by atoms with Crippen molar-refractivity contribution in [2.24, 2.45) is 5.92 Å². The molecule has 0 spiro atoms. The first kappa shape index (κ1) is 12.4. The summed E-state index contributed by atoms with van der Waals surface area (Å²) >= 11 is 5.92. The molecule has 1 heterocycles. The van der Waals surface area contributed by atoms with Crippen molar-refractivity contribution in [2.75, 3.05) is 17.2 Å². The van der Waals surface area contributed by atoms with E-state index in [0.717, 1.165) is 0 Å². The Kier molecular flexibility index (Phi) is 3.14. The maximum absolute atomic E-state index is 12.1. The van der Waals surface area contributed by atoms with Crippen molar-refractivity contribution < 1.29 is 13.2 Å². The summed E-state index contributed by atoms with van der Waals surface area (Å²) in [4.78, 5) is 12.1. The molecule has 0 bridgehead atoms. The van der Waals surface area contributed by atoms with Gasteiger partial charge in [-0.15, -0.1) is 0 Å². The van der Waals surface area contributed by atoms with Crippen LogP contribution in [0.15, 0.2) is 18.2 Å². The van der Waals surface area contributed by atoms with Gasteiger partial charge in [0.15, 0.2) is 15.6 Å². The second-order valence-electron chi connectivity index (χ2n) is 4.20. The number of nitrogens with two attached hydrogens (primary N) is 1. The number of sulfone groups is 1. The molecule has 2 N–H and O–H groups in total. The van der Waals surface area contributed by atoms with Crippen molar-refractivity contribution in [2.45, 2.75) is 6.42 Å².